The lowest BCUT2D eigenvalue weighted by Gasteiger charge is -2.54. The number of aryl methyl sites for hydroxylation is 1. The first kappa shape index (κ1) is 25.9. The summed E-state index contributed by atoms with van der Waals surface area (Å²) in [5, 5.41) is 0. The molecule has 5 heteroatoms. The van der Waals surface area contributed by atoms with Crippen LogP contribution in [0.1, 0.15) is 33.9 Å². The van der Waals surface area contributed by atoms with Crippen LogP contribution < -0.4 is 0 Å². The van der Waals surface area contributed by atoms with Gasteiger partial charge in [-0.05, 0) is 30.2 Å². The van der Waals surface area contributed by atoms with Crippen LogP contribution in [-0.4, -0.2) is 25.0 Å². The minimum atomic E-state index is -3.80. The molecule has 5 aromatic carbocycles. The Hall–Kier alpha value is -4.32. The fourth-order valence-electron chi connectivity index (χ4n) is 5.51. The van der Waals surface area contributed by atoms with Gasteiger partial charge in [0, 0.05) is 17.7 Å². The van der Waals surface area contributed by atoms with Crippen LogP contribution in [0.4, 0.5) is 0 Å². The van der Waals surface area contributed by atoms with Crippen LogP contribution in [0.25, 0.3) is 0 Å². The number of hydrogen-bond acceptors (Lipinski definition) is 3. The predicted octanol–water partition coefficient (Wildman–Crippen LogP) is 7.17. The van der Waals surface area contributed by atoms with Crippen molar-refractivity contribution in [3.8, 4) is 0 Å². The van der Waals surface area contributed by atoms with Crippen LogP contribution in [0.5, 0.6) is 0 Å². The molecule has 0 aliphatic carbocycles. The summed E-state index contributed by atoms with van der Waals surface area (Å²) in [5.41, 5.74) is 4.84. The molecule has 1 aliphatic heterocycles. The molecule has 0 N–H and O–H groups in total. The van der Waals surface area contributed by atoms with Crippen molar-refractivity contribution < 1.29 is 8.42 Å². The van der Waals surface area contributed by atoms with E-state index in [1.165, 1.54) is 0 Å². The Morgan fingerprint density at radius 2 is 1.15 bits per heavy atom. The summed E-state index contributed by atoms with van der Waals surface area (Å²) < 4.78 is 29.9. The normalized spacial score (nSPS) is 19.0. The highest BCUT2D eigenvalue weighted by Gasteiger charge is 2.59. The Morgan fingerprint density at radius 3 is 1.68 bits per heavy atom. The van der Waals surface area contributed by atoms with Crippen molar-refractivity contribution >= 4 is 15.7 Å². The number of hydrogen-bond donors (Lipinski definition) is 0. The Kier molecular flexibility index (Phi) is 6.93. The van der Waals surface area contributed by atoms with E-state index in [0.717, 1.165) is 33.5 Å². The number of aliphatic imine (C=N–C) groups is 1. The highest BCUT2D eigenvalue weighted by Crippen LogP contribution is 2.54. The van der Waals surface area contributed by atoms with Crippen molar-refractivity contribution in [2.24, 2.45) is 4.99 Å². The Balaban J connectivity index is 1.60. The van der Waals surface area contributed by atoms with E-state index >= 15 is 0 Å². The molecule has 2 atom stereocenters. The fraction of sp³-hybridized carbons (Fsp3) is 0.114. The Labute approximate surface area is 236 Å². The van der Waals surface area contributed by atoms with Crippen molar-refractivity contribution in [3.05, 3.63) is 173 Å². The quantitative estimate of drug-likeness (QED) is 0.205. The molecule has 0 aromatic heterocycles. The third-order valence-corrected chi connectivity index (χ3v) is 9.38. The summed E-state index contributed by atoms with van der Waals surface area (Å²) in [4.78, 5) is 5.85. The van der Waals surface area contributed by atoms with Gasteiger partial charge >= 0.3 is 0 Å². The fourth-order valence-corrected chi connectivity index (χ4v) is 7.20. The monoisotopic (exact) mass is 542 g/mol. The lowest BCUT2D eigenvalue weighted by molar-refractivity contribution is 0.0659. The third kappa shape index (κ3) is 4.68. The summed E-state index contributed by atoms with van der Waals surface area (Å²) >= 11 is 0. The molecule has 1 heterocycles. The number of benzene rings is 5. The second-order valence-electron chi connectivity index (χ2n) is 10.2. The van der Waals surface area contributed by atoms with E-state index in [1.807, 2.05) is 104 Å². The molecule has 40 heavy (non-hydrogen) atoms. The third-order valence-electron chi connectivity index (χ3n) is 7.56. The Bertz CT molecular complexity index is 1680. The largest absolute Gasteiger partial charge is 0.269 e. The predicted molar refractivity (Wildman–Crippen MR) is 161 cm³/mol. The molecule has 198 valence electrons. The topological polar surface area (TPSA) is 49.7 Å². The van der Waals surface area contributed by atoms with E-state index in [1.54, 1.807) is 16.4 Å². The molecule has 0 radical (unpaired) electrons. The first-order valence-electron chi connectivity index (χ1n) is 13.4. The first-order chi connectivity index (χ1) is 19.5. The number of nitrogens with zero attached hydrogens (tertiary/aromatic N) is 2. The molecule has 0 spiro atoms. The molecule has 6 rings (SSSR count). The molecule has 0 saturated carbocycles. The molecule has 5 aromatic rings. The van der Waals surface area contributed by atoms with Crippen molar-refractivity contribution in [1.82, 2.24) is 4.31 Å². The SMILES string of the molecule is Cc1ccc(S(=O)(=O)N2C[C@](N=C(c3ccccc3)c3ccccc3)(c3ccccc3)[C@H]2c2ccccc2)cc1. The highest BCUT2D eigenvalue weighted by atomic mass is 32.2. The van der Waals surface area contributed by atoms with E-state index in [4.69, 9.17) is 4.99 Å². The second kappa shape index (κ2) is 10.7. The zero-order valence-corrected chi connectivity index (χ0v) is 23.1. The lowest BCUT2D eigenvalue weighted by atomic mass is 9.73. The van der Waals surface area contributed by atoms with Crippen LogP contribution in [0.2, 0.25) is 0 Å². The van der Waals surface area contributed by atoms with Crippen molar-refractivity contribution in [2.75, 3.05) is 6.54 Å². The summed E-state index contributed by atoms with van der Waals surface area (Å²) in [6.45, 7) is 2.17. The summed E-state index contributed by atoms with van der Waals surface area (Å²) in [7, 11) is -3.80. The van der Waals surface area contributed by atoms with Gasteiger partial charge in [0.25, 0.3) is 0 Å². The summed E-state index contributed by atoms with van der Waals surface area (Å²) in [6, 6.07) is 46.7. The van der Waals surface area contributed by atoms with Crippen LogP contribution in [0, 0.1) is 6.92 Å². The smallest absolute Gasteiger partial charge is 0.243 e. The molecule has 0 bridgehead atoms. The van der Waals surface area contributed by atoms with E-state index < -0.39 is 21.6 Å². The van der Waals surface area contributed by atoms with E-state index in [2.05, 4.69) is 36.4 Å². The first-order valence-corrected chi connectivity index (χ1v) is 14.8. The molecule has 0 amide bonds. The van der Waals surface area contributed by atoms with Crippen LogP contribution in [0.3, 0.4) is 0 Å². The van der Waals surface area contributed by atoms with Gasteiger partial charge in [0.05, 0.1) is 16.6 Å². The highest BCUT2D eigenvalue weighted by molar-refractivity contribution is 7.89. The van der Waals surface area contributed by atoms with Gasteiger partial charge in [0.15, 0.2) is 0 Å². The minimum Gasteiger partial charge on any atom is -0.269 e. The van der Waals surface area contributed by atoms with Gasteiger partial charge < -0.3 is 0 Å². The van der Waals surface area contributed by atoms with Gasteiger partial charge in [-0.15, -0.1) is 0 Å². The standard InChI is InChI=1S/C35H30N2O2S/c1-27-22-24-32(25-23-27)40(38,39)37-26-35(31-20-12-5-13-21-31,34(37)30-18-10-4-11-19-30)36-33(28-14-6-2-7-15-28)29-16-8-3-9-17-29/h2-25,34H,26H2,1H3/t34-,35+/m1/s1. The maximum atomic E-state index is 14.1. The molecule has 0 unspecified atom stereocenters. The number of rotatable bonds is 7. The minimum absolute atomic E-state index is 0.218. The van der Waals surface area contributed by atoms with Crippen molar-refractivity contribution in [3.63, 3.8) is 0 Å². The van der Waals surface area contributed by atoms with Gasteiger partial charge in [-0.2, -0.15) is 4.31 Å². The van der Waals surface area contributed by atoms with Gasteiger partial charge in [-0.3, -0.25) is 4.99 Å². The van der Waals surface area contributed by atoms with Crippen LogP contribution >= 0.6 is 0 Å². The van der Waals surface area contributed by atoms with E-state index in [9.17, 15) is 8.42 Å². The van der Waals surface area contributed by atoms with Gasteiger partial charge in [-0.25, -0.2) is 8.42 Å². The molecule has 4 nitrogen and oxygen atoms in total. The van der Waals surface area contributed by atoms with Crippen molar-refractivity contribution in [1.29, 1.82) is 0 Å². The zero-order valence-electron chi connectivity index (χ0n) is 22.3. The molecular weight excluding hydrogens is 512 g/mol. The molecular formula is C35H30N2O2S. The van der Waals surface area contributed by atoms with Crippen LogP contribution in [-0.2, 0) is 15.6 Å². The van der Waals surface area contributed by atoms with Gasteiger partial charge in [-0.1, -0.05) is 139 Å². The number of sulfonamides is 1. The molecule has 1 aliphatic rings. The van der Waals surface area contributed by atoms with Gasteiger partial charge in [0.2, 0.25) is 10.0 Å². The second-order valence-corrected chi connectivity index (χ2v) is 12.0. The average molecular weight is 543 g/mol. The van der Waals surface area contributed by atoms with E-state index in [0.29, 0.717) is 0 Å². The summed E-state index contributed by atoms with van der Waals surface area (Å²) in [5.74, 6) is 0. The van der Waals surface area contributed by atoms with Crippen LogP contribution in [0.15, 0.2) is 155 Å². The van der Waals surface area contributed by atoms with Crippen molar-refractivity contribution in [2.45, 2.75) is 23.4 Å². The summed E-state index contributed by atoms with van der Waals surface area (Å²) in [6.07, 6.45) is 0. The average Bonchev–Trinajstić information content (AvgIpc) is 2.99. The van der Waals surface area contributed by atoms with Gasteiger partial charge in [0.1, 0.15) is 5.54 Å². The zero-order chi connectivity index (χ0) is 27.6. The maximum absolute atomic E-state index is 14.1. The molecule has 1 fully saturated rings. The maximum Gasteiger partial charge on any atom is 0.243 e. The Morgan fingerprint density at radius 1 is 0.675 bits per heavy atom. The lowest BCUT2D eigenvalue weighted by Crippen LogP contribution is -2.62. The molecule has 1 saturated heterocycles. The van der Waals surface area contributed by atoms with E-state index in [-0.39, 0.29) is 11.4 Å².